The summed E-state index contributed by atoms with van der Waals surface area (Å²) in [6.45, 7) is 8.42. The number of nitrogens with one attached hydrogen (secondary N) is 2. The molecule has 0 amide bonds. The smallest absolute Gasteiger partial charge is 0.191 e. The molecule has 1 unspecified atom stereocenters. The lowest BCUT2D eigenvalue weighted by Crippen LogP contribution is -2.38. The average Bonchev–Trinajstić information content (AvgIpc) is 3.35. The van der Waals surface area contributed by atoms with Crippen LogP contribution in [0.25, 0.3) is 0 Å². The Hall–Kier alpha value is -1.55. The number of aliphatic imine (C=N–C) groups is 1. The zero-order valence-corrected chi connectivity index (χ0v) is 13.8. The first-order chi connectivity index (χ1) is 10.8. The van der Waals surface area contributed by atoms with Crippen LogP contribution in [0.3, 0.4) is 0 Å². The van der Waals surface area contributed by atoms with E-state index in [2.05, 4.69) is 41.6 Å². The monoisotopic (exact) mass is 303 g/mol. The van der Waals surface area contributed by atoms with Crippen molar-refractivity contribution in [3.05, 3.63) is 35.9 Å². The van der Waals surface area contributed by atoms with Crippen molar-refractivity contribution in [2.75, 3.05) is 26.2 Å². The summed E-state index contributed by atoms with van der Waals surface area (Å²) in [7, 11) is 0. The quantitative estimate of drug-likeness (QED) is 0.545. The first-order valence-electron chi connectivity index (χ1n) is 8.41. The Kier molecular flexibility index (Phi) is 7.23. The Morgan fingerprint density at radius 1 is 1.27 bits per heavy atom. The molecule has 4 heteroatoms. The first-order valence-corrected chi connectivity index (χ1v) is 8.41. The molecule has 0 heterocycles. The minimum atomic E-state index is 0.417. The Labute approximate surface area is 134 Å². The summed E-state index contributed by atoms with van der Waals surface area (Å²) in [6, 6.07) is 10.3. The van der Waals surface area contributed by atoms with Crippen molar-refractivity contribution in [2.24, 2.45) is 16.8 Å². The van der Waals surface area contributed by atoms with E-state index in [1.165, 1.54) is 18.4 Å². The van der Waals surface area contributed by atoms with Crippen molar-refractivity contribution >= 4 is 5.96 Å². The number of benzene rings is 1. The van der Waals surface area contributed by atoms with E-state index in [0.29, 0.717) is 12.5 Å². The molecule has 4 nitrogen and oxygen atoms in total. The number of hydrogen-bond acceptors (Lipinski definition) is 2. The molecule has 0 bridgehead atoms. The number of hydrogen-bond donors (Lipinski definition) is 2. The van der Waals surface area contributed by atoms with Gasteiger partial charge in [0.1, 0.15) is 0 Å². The molecule has 2 N–H and O–H groups in total. The van der Waals surface area contributed by atoms with Crippen LogP contribution in [0.1, 0.15) is 32.3 Å². The van der Waals surface area contributed by atoms with Crippen LogP contribution in [-0.2, 0) is 11.3 Å². The van der Waals surface area contributed by atoms with Crippen LogP contribution in [0.5, 0.6) is 0 Å². The van der Waals surface area contributed by atoms with Gasteiger partial charge in [0.25, 0.3) is 0 Å². The first kappa shape index (κ1) is 16.8. The summed E-state index contributed by atoms with van der Waals surface area (Å²) >= 11 is 0. The van der Waals surface area contributed by atoms with Crippen LogP contribution < -0.4 is 10.6 Å². The van der Waals surface area contributed by atoms with Gasteiger partial charge in [-0.25, -0.2) is 0 Å². The molecule has 2 rings (SSSR count). The molecule has 0 aromatic heterocycles. The summed E-state index contributed by atoms with van der Waals surface area (Å²) < 4.78 is 5.77. The summed E-state index contributed by atoms with van der Waals surface area (Å²) in [6.07, 6.45) is 2.71. The third-order valence-corrected chi connectivity index (χ3v) is 3.67. The van der Waals surface area contributed by atoms with E-state index in [-0.39, 0.29) is 0 Å². The second-order valence-corrected chi connectivity index (χ2v) is 6.15. The number of rotatable bonds is 9. The van der Waals surface area contributed by atoms with E-state index in [0.717, 1.165) is 38.1 Å². The molecule has 0 saturated heterocycles. The zero-order valence-electron chi connectivity index (χ0n) is 13.8. The molecular weight excluding hydrogens is 274 g/mol. The minimum absolute atomic E-state index is 0.417. The van der Waals surface area contributed by atoms with Crippen LogP contribution in [0.15, 0.2) is 35.3 Å². The Balaban J connectivity index is 1.64. The molecule has 1 atom stereocenters. The van der Waals surface area contributed by atoms with Gasteiger partial charge in [0, 0.05) is 19.6 Å². The molecule has 0 spiro atoms. The molecule has 22 heavy (non-hydrogen) atoms. The minimum Gasteiger partial charge on any atom is -0.376 e. The summed E-state index contributed by atoms with van der Waals surface area (Å²) in [5.41, 5.74) is 1.22. The van der Waals surface area contributed by atoms with Gasteiger partial charge in [-0.1, -0.05) is 37.3 Å². The third-order valence-electron chi connectivity index (χ3n) is 3.67. The van der Waals surface area contributed by atoms with E-state index < -0.39 is 0 Å². The molecule has 1 fully saturated rings. The summed E-state index contributed by atoms with van der Waals surface area (Å²) in [5, 5.41) is 6.72. The third kappa shape index (κ3) is 6.94. The van der Waals surface area contributed by atoms with Crippen molar-refractivity contribution in [2.45, 2.75) is 33.3 Å². The lowest BCUT2D eigenvalue weighted by molar-refractivity contribution is 0.0945. The van der Waals surface area contributed by atoms with Gasteiger partial charge in [-0.05, 0) is 37.2 Å². The molecule has 1 aromatic rings. The maximum atomic E-state index is 5.77. The van der Waals surface area contributed by atoms with E-state index in [1.54, 1.807) is 0 Å². The summed E-state index contributed by atoms with van der Waals surface area (Å²) in [5.74, 6) is 2.21. The SMILES string of the molecule is CCNC(=NCC(C)COCc1ccccc1)NCC1CC1. The van der Waals surface area contributed by atoms with Crippen molar-refractivity contribution in [1.29, 1.82) is 0 Å². The molecule has 0 radical (unpaired) electrons. The fraction of sp³-hybridized carbons (Fsp3) is 0.611. The number of guanidine groups is 1. The Bertz CT molecular complexity index is 443. The molecule has 1 aromatic carbocycles. The fourth-order valence-corrected chi connectivity index (χ4v) is 2.16. The lowest BCUT2D eigenvalue weighted by Gasteiger charge is -2.13. The van der Waals surface area contributed by atoms with E-state index in [9.17, 15) is 0 Å². The van der Waals surface area contributed by atoms with E-state index >= 15 is 0 Å². The topological polar surface area (TPSA) is 45.7 Å². The fourth-order valence-electron chi connectivity index (χ4n) is 2.16. The van der Waals surface area contributed by atoms with Gasteiger partial charge in [0.15, 0.2) is 5.96 Å². The molecule has 1 saturated carbocycles. The van der Waals surface area contributed by atoms with Crippen molar-refractivity contribution < 1.29 is 4.74 Å². The predicted molar refractivity (Wildman–Crippen MR) is 92.0 cm³/mol. The average molecular weight is 303 g/mol. The highest BCUT2D eigenvalue weighted by Gasteiger charge is 2.21. The highest BCUT2D eigenvalue weighted by Crippen LogP contribution is 2.27. The highest BCUT2D eigenvalue weighted by atomic mass is 16.5. The molecular formula is C18H29N3O. The molecule has 1 aliphatic rings. The molecule has 122 valence electrons. The Morgan fingerprint density at radius 2 is 2.05 bits per heavy atom. The van der Waals surface area contributed by atoms with Gasteiger partial charge >= 0.3 is 0 Å². The van der Waals surface area contributed by atoms with Crippen LogP contribution in [0, 0.1) is 11.8 Å². The standard InChI is InChI=1S/C18H29N3O/c1-3-19-18(21-12-16-9-10-16)20-11-15(2)13-22-14-17-7-5-4-6-8-17/h4-8,15-16H,3,9-14H2,1-2H3,(H2,19,20,21). The van der Waals surface area contributed by atoms with Crippen LogP contribution >= 0.6 is 0 Å². The maximum absolute atomic E-state index is 5.77. The van der Waals surface area contributed by atoms with Gasteiger partial charge in [-0.2, -0.15) is 0 Å². The van der Waals surface area contributed by atoms with Crippen molar-refractivity contribution in [3.8, 4) is 0 Å². The van der Waals surface area contributed by atoms with Gasteiger partial charge in [0.2, 0.25) is 0 Å². The zero-order chi connectivity index (χ0) is 15.6. The second-order valence-electron chi connectivity index (χ2n) is 6.15. The Morgan fingerprint density at radius 3 is 2.73 bits per heavy atom. The maximum Gasteiger partial charge on any atom is 0.191 e. The largest absolute Gasteiger partial charge is 0.376 e. The van der Waals surface area contributed by atoms with Crippen molar-refractivity contribution in [3.63, 3.8) is 0 Å². The highest BCUT2D eigenvalue weighted by molar-refractivity contribution is 5.79. The van der Waals surface area contributed by atoms with Crippen molar-refractivity contribution in [1.82, 2.24) is 10.6 Å². The molecule has 0 aliphatic heterocycles. The van der Waals surface area contributed by atoms with Gasteiger partial charge in [-0.15, -0.1) is 0 Å². The number of nitrogens with zero attached hydrogens (tertiary/aromatic N) is 1. The van der Waals surface area contributed by atoms with Crippen LogP contribution in [0.2, 0.25) is 0 Å². The van der Waals surface area contributed by atoms with Gasteiger partial charge in [0.05, 0.1) is 13.2 Å². The number of ether oxygens (including phenoxy) is 1. The summed E-state index contributed by atoms with van der Waals surface area (Å²) in [4.78, 5) is 4.65. The second kappa shape index (κ2) is 9.46. The predicted octanol–water partition coefficient (Wildman–Crippen LogP) is 2.80. The van der Waals surface area contributed by atoms with Gasteiger partial charge < -0.3 is 15.4 Å². The normalized spacial score (nSPS) is 16.4. The van der Waals surface area contributed by atoms with Gasteiger partial charge in [-0.3, -0.25) is 4.99 Å². The van der Waals surface area contributed by atoms with E-state index in [1.807, 2.05) is 18.2 Å². The van der Waals surface area contributed by atoms with Crippen LogP contribution in [0.4, 0.5) is 0 Å². The molecule has 1 aliphatic carbocycles. The van der Waals surface area contributed by atoms with Crippen LogP contribution in [-0.4, -0.2) is 32.2 Å². The lowest BCUT2D eigenvalue weighted by atomic mass is 10.2. The van der Waals surface area contributed by atoms with E-state index in [4.69, 9.17) is 4.74 Å².